The summed E-state index contributed by atoms with van der Waals surface area (Å²) in [5.74, 6) is 0. The molecule has 0 aliphatic carbocycles. The van der Waals surface area contributed by atoms with Crippen molar-refractivity contribution in [2.75, 3.05) is 6.54 Å². The van der Waals surface area contributed by atoms with Gasteiger partial charge in [0.25, 0.3) is 0 Å². The Bertz CT molecular complexity index is 554. The van der Waals surface area contributed by atoms with Crippen LogP contribution in [0.15, 0.2) is 36.7 Å². The Morgan fingerprint density at radius 2 is 2.05 bits per heavy atom. The normalized spacial score (nSPS) is 12.3. The third kappa shape index (κ3) is 4.51. The second-order valence-electron chi connectivity index (χ2n) is 5.09. The predicted molar refractivity (Wildman–Crippen MR) is 87.6 cm³/mol. The predicted octanol–water partition coefficient (Wildman–Crippen LogP) is 3.98. The Morgan fingerprint density at radius 1 is 1.19 bits per heavy atom. The Labute approximate surface area is 131 Å². The largest absolute Gasteiger partial charge is 0.308 e. The van der Waals surface area contributed by atoms with Crippen LogP contribution in [-0.2, 0) is 12.8 Å². The number of nitrogens with zero attached hydrogens (tertiary/aromatic N) is 2. The van der Waals surface area contributed by atoms with Crippen LogP contribution in [-0.4, -0.2) is 16.5 Å². The molecular formula is C17H22ClN3. The Hall–Kier alpha value is -1.45. The quantitative estimate of drug-likeness (QED) is 0.841. The Balaban J connectivity index is 2.17. The minimum atomic E-state index is 0.0960. The topological polar surface area (TPSA) is 37.8 Å². The Kier molecular flexibility index (Phi) is 6.15. The van der Waals surface area contributed by atoms with Gasteiger partial charge in [-0.15, -0.1) is 0 Å². The van der Waals surface area contributed by atoms with Crippen molar-refractivity contribution in [3.63, 3.8) is 0 Å². The highest BCUT2D eigenvalue weighted by atomic mass is 35.5. The van der Waals surface area contributed by atoms with Gasteiger partial charge in [-0.1, -0.05) is 31.5 Å². The van der Waals surface area contributed by atoms with Gasteiger partial charge in [-0.3, -0.25) is 9.97 Å². The van der Waals surface area contributed by atoms with Crippen molar-refractivity contribution >= 4 is 11.6 Å². The zero-order chi connectivity index (χ0) is 15.1. The van der Waals surface area contributed by atoms with Crippen LogP contribution in [0.4, 0.5) is 0 Å². The standard InChI is InChI=1S/C17H22ClN3/c1-3-9-19-16(17-15(18)6-5-10-20-17)11-14-8-7-13(4-2)12-21-14/h5-8,10,12,16,19H,3-4,9,11H2,1-2H3. The van der Waals surface area contributed by atoms with Crippen molar-refractivity contribution in [2.45, 2.75) is 39.2 Å². The van der Waals surface area contributed by atoms with Crippen LogP contribution in [0.3, 0.4) is 0 Å². The molecule has 0 aliphatic rings. The molecule has 2 aromatic heterocycles. The van der Waals surface area contributed by atoms with Gasteiger partial charge in [0.2, 0.25) is 0 Å². The molecule has 1 unspecified atom stereocenters. The molecule has 2 rings (SSSR count). The summed E-state index contributed by atoms with van der Waals surface area (Å²) in [5.41, 5.74) is 3.21. The number of aromatic nitrogens is 2. The van der Waals surface area contributed by atoms with Crippen molar-refractivity contribution in [2.24, 2.45) is 0 Å². The van der Waals surface area contributed by atoms with Crippen LogP contribution in [0, 0.1) is 0 Å². The second-order valence-corrected chi connectivity index (χ2v) is 5.50. The number of rotatable bonds is 7. The molecular weight excluding hydrogens is 282 g/mol. The van der Waals surface area contributed by atoms with Crippen molar-refractivity contribution < 1.29 is 0 Å². The van der Waals surface area contributed by atoms with Gasteiger partial charge in [0, 0.05) is 24.5 Å². The van der Waals surface area contributed by atoms with Crippen LogP contribution in [0.1, 0.15) is 43.3 Å². The summed E-state index contributed by atoms with van der Waals surface area (Å²) < 4.78 is 0. The van der Waals surface area contributed by atoms with E-state index in [1.165, 1.54) is 5.56 Å². The van der Waals surface area contributed by atoms with E-state index in [4.69, 9.17) is 11.6 Å². The fourth-order valence-electron chi connectivity index (χ4n) is 2.23. The summed E-state index contributed by atoms with van der Waals surface area (Å²) in [7, 11) is 0. The molecule has 4 heteroatoms. The van der Waals surface area contributed by atoms with E-state index >= 15 is 0 Å². The van der Waals surface area contributed by atoms with Crippen molar-refractivity contribution in [1.82, 2.24) is 15.3 Å². The zero-order valence-corrected chi connectivity index (χ0v) is 13.4. The molecule has 1 atom stereocenters. The molecule has 3 nitrogen and oxygen atoms in total. The lowest BCUT2D eigenvalue weighted by Gasteiger charge is -2.19. The summed E-state index contributed by atoms with van der Waals surface area (Å²) >= 11 is 6.29. The minimum absolute atomic E-state index is 0.0960. The summed E-state index contributed by atoms with van der Waals surface area (Å²) in [5, 5.41) is 4.22. The average Bonchev–Trinajstić information content (AvgIpc) is 2.53. The maximum atomic E-state index is 6.29. The highest BCUT2D eigenvalue weighted by molar-refractivity contribution is 6.31. The summed E-state index contributed by atoms with van der Waals surface area (Å²) in [6.07, 6.45) is 6.61. The number of aryl methyl sites for hydroxylation is 1. The van der Waals surface area contributed by atoms with Crippen LogP contribution in [0.25, 0.3) is 0 Å². The maximum absolute atomic E-state index is 6.29. The van der Waals surface area contributed by atoms with E-state index in [9.17, 15) is 0 Å². The van der Waals surface area contributed by atoms with Gasteiger partial charge in [-0.25, -0.2) is 0 Å². The molecule has 2 aromatic rings. The molecule has 0 bridgehead atoms. The van der Waals surface area contributed by atoms with Crippen LogP contribution in [0.5, 0.6) is 0 Å². The van der Waals surface area contributed by atoms with E-state index in [-0.39, 0.29) is 6.04 Å². The smallest absolute Gasteiger partial charge is 0.0762 e. The highest BCUT2D eigenvalue weighted by Gasteiger charge is 2.16. The molecule has 0 aliphatic heterocycles. The minimum Gasteiger partial charge on any atom is -0.308 e. The number of halogens is 1. The van der Waals surface area contributed by atoms with Crippen LogP contribution < -0.4 is 5.32 Å². The van der Waals surface area contributed by atoms with Crippen LogP contribution in [0.2, 0.25) is 5.02 Å². The third-order valence-corrected chi connectivity index (χ3v) is 3.78. The number of hydrogen-bond donors (Lipinski definition) is 1. The lowest BCUT2D eigenvalue weighted by molar-refractivity contribution is 0.513. The molecule has 0 fully saturated rings. The lowest BCUT2D eigenvalue weighted by atomic mass is 10.1. The van der Waals surface area contributed by atoms with E-state index in [2.05, 4.69) is 41.3 Å². The highest BCUT2D eigenvalue weighted by Crippen LogP contribution is 2.23. The van der Waals surface area contributed by atoms with Gasteiger partial charge in [-0.2, -0.15) is 0 Å². The fraction of sp³-hybridized carbons (Fsp3) is 0.412. The molecule has 0 amide bonds. The van der Waals surface area contributed by atoms with Gasteiger partial charge in [-0.05, 0) is 43.1 Å². The molecule has 21 heavy (non-hydrogen) atoms. The van der Waals surface area contributed by atoms with Gasteiger partial charge < -0.3 is 5.32 Å². The molecule has 0 spiro atoms. The number of hydrogen-bond acceptors (Lipinski definition) is 3. The summed E-state index contributed by atoms with van der Waals surface area (Å²) in [6.45, 7) is 5.22. The zero-order valence-electron chi connectivity index (χ0n) is 12.6. The summed E-state index contributed by atoms with van der Waals surface area (Å²) in [6, 6.07) is 8.07. The monoisotopic (exact) mass is 303 g/mol. The number of pyridine rings is 2. The van der Waals surface area contributed by atoms with Gasteiger partial charge in [0.1, 0.15) is 0 Å². The van der Waals surface area contributed by atoms with Gasteiger partial charge in [0.15, 0.2) is 0 Å². The third-order valence-electron chi connectivity index (χ3n) is 3.47. The van der Waals surface area contributed by atoms with Gasteiger partial charge >= 0.3 is 0 Å². The Morgan fingerprint density at radius 3 is 2.67 bits per heavy atom. The van der Waals surface area contributed by atoms with E-state index in [1.54, 1.807) is 6.20 Å². The lowest BCUT2D eigenvalue weighted by Crippen LogP contribution is -2.25. The molecule has 0 radical (unpaired) electrons. The average molecular weight is 304 g/mol. The first kappa shape index (κ1) is 15.9. The first-order valence-electron chi connectivity index (χ1n) is 7.52. The van der Waals surface area contributed by atoms with Crippen molar-refractivity contribution in [3.05, 3.63) is 58.6 Å². The SMILES string of the molecule is CCCNC(Cc1ccc(CC)cn1)c1ncccc1Cl. The second kappa shape index (κ2) is 8.11. The molecule has 112 valence electrons. The molecule has 1 N–H and O–H groups in total. The molecule has 0 aromatic carbocycles. The summed E-state index contributed by atoms with van der Waals surface area (Å²) in [4.78, 5) is 8.98. The molecule has 0 saturated heterocycles. The fourth-order valence-corrected chi connectivity index (χ4v) is 2.49. The van der Waals surface area contributed by atoms with E-state index < -0.39 is 0 Å². The maximum Gasteiger partial charge on any atom is 0.0762 e. The first-order chi connectivity index (χ1) is 10.2. The molecule has 2 heterocycles. The molecule has 0 saturated carbocycles. The number of nitrogens with one attached hydrogen (secondary N) is 1. The van der Waals surface area contributed by atoms with E-state index in [0.29, 0.717) is 5.02 Å². The van der Waals surface area contributed by atoms with E-state index in [0.717, 1.165) is 37.2 Å². The van der Waals surface area contributed by atoms with E-state index in [1.807, 2.05) is 18.3 Å². The first-order valence-corrected chi connectivity index (χ1v) is 7.90. The van der Waals surface area contributed by atoms with Crippen molar-refractivity contribution in [1.29, 1.82) is 0 Å². The van der Waals surface area contributed by atoms with Gasteiger partial charge in [0.05, 0.1) is 16.8 Å². The van der Waals surface area contributed by atoms with Crippen LogP contribution >= 0.6 is 11.6 Å². The van der Waals surface area contributed by atoms with Crippen molar-refractivity contribution in [3.8, 4) is 0 Å².